The summed E-state index contributed by atoms with van der Waals surface area (Å²) in [6.45, 7) is 17.4. The molecule has 1 aliphatic carbocycles. The molecular formula is C31H48IN2O3+. The molecule has 0 aliphatic heterocycles. The minimum absolute atomic E-state index is 0. The van der Waals surface area contributed by atoms with Crippen molar-refractivity contribution >= 4 is 5.78 Å². The Kier molecular flexibility index (Phi) is 12.4. The van der Waals surface area contributed by atoms with Crippen molar-refractivity contribution in [2.45, 2.75) is 53.4 Å². The lowest BCUT2D eigenvalue weighted by Crippen LogP contribution is -3.00. The van der Waals surface area contributed by atoms with Gasteiger partial charge in [-0.1, -0.05) is 0 Å². The van der Waals surface area contributed by atoms with Gasteiger partial charge in [-0.25, -0.2) is 0 Å². The van der Waals surface area contributed by atoms with E-state index in [0.29, 0.717) is 13.2 Å². The normalized spacial score (nSPS) is 12.6. The Labute approximate surface area is 242 Å². The van der Waals surface area contributed by atoms with Crippen LogP contribution in [0.25, 0.3) is 11.1 Å². The van der Waals surface area contributed by atoms with E-state index in [4.69, 9.17) is 9.47 Å². The van der Waals surface area contributed by atoms with E-state index in [1.165, 1.54) is 13.1 Å². The van der Waals surface area contributed by atoms with Gasteiger partial charge in [-0.15, -0.1) is 0 Å². The van der Waals surface area contributed by atoms with Crippen LogP contribution in [-0.2, 0) is 0 Å². The predicted octanol–water partition coefficient (Wildman–Crippen LogP) is 3.19. The number of carbonyl (C=O) groups is 1. The molecule has 0 unspecified atom stereocenters. The molecule has 0 spiro atoms. The first-order valence-electron chi connectivity index (χ1n) is 14.0. The number of fused-ring (bicyclic) bond motifs is 3. The van der Waals surface area contributed by atoms with Crippen LogP contribution in [0.4, 0.5) is 0 Å². The Morgan fingerprint density at radius 1 is 0.595 bits per heavy atom. The Morgan fingerprint density at radius 2 is 0.973 bits per heavy atom. The van der Waals surface area contributed by atoms with Crippen molar-refractivity contribution in [1.29, 1.82) is 0 Å². The molecule has 206 valence electrons. The topological polar surface area (TPSA) is 35.5 Å². The molecule has 2 aromatic rings. The highest BCUT2D eigenvalue weighted by atomic mass is 127. The number of carbonyl (C=O) groups excluding carboxylic acids is 1. The summed E-state index contributed by atoms with van der Waals surface area (Å²) in [7, 11) is 4.63. The number of quaternary nitrogens is 2. The van der Waals surface area contributed by atoms with Gasteiger partial charge < -0.3 is 42.4 Å². The van der Waals surface area contributed by atoms with Gasteiger partial charge in [0.05, 0.1) is 66.6 Å². The smallest absolute Gasteiger partial charge is 0.194 e. The molecule has 0 amide bonds. The lowest BCUT2D eigenvalue weighted by atomic mass is 10.1. The highest BCUT2D eigenvalue weighted by Crippen LogP contribution is 2.40. The fraction of sp³-hybridized carbons (Fsp3) is 0.581. The maximum atomic E-state index is 13.2. The molecule has 5 nitrogen and oxygen atoms in total. The van der Waals surface area contributed by atoms with Crippen LogP contribution in [0.5, 0.6) is 11.5 Å². The van der Waals surface area contributed by atoms with Crippen LogP contribution in [0.1, 0.15) is 69.3 Å². The van der Waals surface area contributed by atoms with Crippen LogP contribution < -0.4 is 33.5 Å². The Morgan fingerprint density at radius 3 is 1.32 bits per heavy atom. The van der Waals surface area contributed by atoms with Gasteiger partial charge in [-0.3, -0.25) is 4.79 Å². The van der Waals surface area contributed by atoms with Crippen molar-refractivity contribution in [3.05, 3.63) is 47.5 Å². The molecule has 0 bridgehead atoms. The van der Waals surface area contributed by atoms with Crippen molar-refractivity contribution < 1.29 is 47.2 Å². The summed E-state index contributed by atoms with van der Waals surface area (Å²) in [5.41, 5.74) is 3.45. The van der Waals surface area contributed by atoms with Gasteiger partial charge in [0.1, 0.15) is 11.5 Å². The molecule has 1 aliphatic rings. The summed E-state index contributed by atoms with van der Waals surface area (Å²) in [6.07, 6.45) is 4.34. The lowest BCUT2D eigenvalue weighted by Gasteiger charge is -2.32. The minimum Gasteiger partial charge on any atom is -1.00 e. The van der Waals surface area contributed by atoms with Crippen LogP contribution in [-0.4, -0.2) is 81.3 Å². The van der Waals surface area contributed by atoms with Gasteiger partial charge >= 0.3 is 0 Å². The molecule has 0 saturated heterocycles. The monoisotopic (exact) mass is 623 g/mol. The predicted molar refractivity (Wildman–Crippen MR) is 149 cm³/mol. The number of halogens is 1. The molecule has 6 heteroatoms. The third-order valence-electron chi connectivity index (χ3n) is 8.54. The van der Waals surface area contributed by atoms with E-state index in [9.17, 15) is 4.79 Å². The summed E-state index contributed by atoms with van der Waals surface area (Å²) in [5, 5.41) is 0. The quantitative estimate of drug-likeness (QED) is 0.140. The highest BCUT2D eigenvalue weighted by molar-refractivity contribution is 6.22. The Balaban J connectivity index is 0.00000481. The average Bonchev–Trinajstić information content (AvgIpc) is 3.18. The molecule has 37 heavy (non-hydrogen) atoms. The second kappa shape index (κ2) is 14.5. The molecule has 0 heterocycles. The molecule has 0 aromatic heterocycles. The fourth-order valence-corrected chi connectivity index (χ4v) is 4.87. The van der Waals surface area contributed by atoms with Crippen molar-refractivity contribution in [3.8, 4) is 22.6 Å². The number of hydrogen-bond donors (Lipinski definition) is 0. The zero-order valence-corrected chi connectivity index (χ0v) is 26.1. The SMILES string of the molecule is CC[N+](C)(CC)CCCCOc1ccc2c(c1)C(=O)c1cc(OCCCC[N+](C)(CC)CC)ccc1-2.[I-]. The zero-order valence-electron chi connectivity index (χ0n) is 23.9. The minimum atomic E-state index is 0. The average molecular weight is 624 g/mol. The number of unbranched alkanes of at least 4 members (excludes halogenated alkanes) is 2. The van der Waals surface area contributed by atoms with Crippen molar-refractivity contribution in [2.24, 2.45) is 0 Å². The van der Waals surface area contributed by atoms with Crippen LogP contribution in [0.3, 0.4) is 0 Å². The summed E-state index contributed by atoms with van der Waals surface area (Å²) in [5.74, 6) is 1.62. The molecule has 0 fully saturated rings. The maximum absolute atomic E-state index is 13.2. The molecule has 0 atom stereocenters. The van der Waals surface area contributed by atoms with E-state index in [0.717, 1.165) is 94.6 Å². The van der Waals surface area contributed by atoms with Crippen LogP contribution >= 0.6 is 0 Å². The zero-order chi connectivity index (χ0) is 26.2. The first-order valence-corrected chi connectivity index (χ1v) is 14.0. The number of benzene rings is 2. The van der Waals surface area contributed by atoms with Gasteiger partial charge in [0.25, 0.3) is 0 Å². The van der Waals surface area contributed by atoms with Crippen molar-refractivity contribution in [2.75, 3.05) is 66.6 Å². The van der Waals surface area contributed by atoms with E-state index >= 15 is 0 Å². The fourth-order valence-electron chi connectivity index (χ4n) is 4.87. The van der Waals surface area contributed by atoms with Gasteiger partial charge in [-0.05, 0) is 101 Å². The van der Waals surface area contributed by atoms with Gasteiger partial charge in [0.15, 0.2) is 5.78 Å². The number of rotatable bonds is 16. The highest BCUT2D eigenvalue weighted by Gasteiger charge is 2.27. The first kappa shape index (κ1) is 31.6. The van der Waals surface area contributed by atoms with E-state index < -0.39 is 0 Å². The summed E-state index contributed by atoms with van der Waals surface area (Å²) in [6, 6.07) is 11.8. The number of hydrogen-bond acceptors (Lipinski definition) is 3. The lowest BCUT2D eigenvalue weighted by molar-refractivity contribution is -0.906. The van der Waals surface area contributed by atoms with Crippen LogP contribution in [0.15, 0.2) is 36.4 Å². The van der Waals surface area contributed by atoms with Gasteiger partial charge in [0.2, 0.25) is 0 Å². The van der Waals surface area contributed by atoms with Crippen LogP contribution in [0, 0.1) is 0 Å². The van der Waals surface area contributed by atoms with Crippen molar-refractivity contribution in [3.63, 3.8) is 0 Å². The maximum Gasteiger partial charge on any atom is 0.194 e. The summed E-state index contributed by atoms with van der Waals surface area (Å²) < 4.78 is 14.2. The summed E-state index contributed by atoms with van der Waals surface area (Å²) >= 11 is 0. The third kappa shape index (κ3) is 8.17. The largest absolute Gasteiger partial charge is 1.00 e. The standard InChI is InChI=1S/C31H48N2O3.HI/c1-7-32(5,8-2)19-11-13-21-35-25-15-17-27-28-18-16-26(24-30(28)31(34)29(27)23-25)36-22-14-12-20-33(6,9-3)10-4;/h15-18,23-24H,7-14,19-22H2,1-6H3;1H/q+2;/p-1. The van der Waals surface area contributed by atoms with Crippen LogP contribution in [0.2, 0.25) is 0 Å². The second-order valence-corrected chi connectivity index (χ2v) is 10.8. The molecule has 3 rings (SSSR count). The third-order valence-corrected chi connectivity index (χ3v) is 8.54. The number of ether oxygens (including phenoxy) is 2. The Bertz CT molecular complexity index is 936. The first-order chi connectivity index (χ1) is 17.3. The molecule has 0 radical (unpaired) electrons. The van der Waals surface area contributed by atoms with Gasteiger partial charge in [0, 0.05) is 11.1 Å². The molecule has 2 aromatic carbocycles. The van der Waals surface area contributed by atoms with E-state index in [1.54, 1.807) is 0 Å². The molecule has 0 saturated carbocycles. The molecule has 0 N–H and O–H groups in total. The summed E-state index contributed by atoms with van der Waals surface area (Å²) in [4.78, 5) is 13.2. The van der Waals surface area contributed by atoms with E-state index in [2.05, 4.69) is 41.8 Å². The number of nitrogens with zero attached hydrogens (tertiary/aromatic N) is 2. The molecular weight excluding hydrogens is 575 g/mol. The van der Waals surface area contributed by atoms with Gasteiger partial charge in [-0.2, -0.15) is 0 Å². The Hall–Kier alpha value is -1.64. The number of ketones is 1. The van der Waals surface area contributed by atoms with E-state index in [-0.39, 0.29) is 29.8 Å². The second-order valence-electron chi connectivity index (χ2n) is 10.8. The van der Waals surface area contributed by atoms with E-state index in [1.807, 2.05) is 36.4 Å². The van der Waals surface area contributed by atoms with Crippen molar-refractivity contribution in [1.82, 2.24) is 0 Å².